The van der Waals surface area contributed by atoms with Crippen molar-refractivity contribution in [1.29, 1.82) is 0 Å². The predicted octanol–water partition coefficient (Wildman–Crippen LogP) is 20.2. The Labute approximate surface area is 446 Å². The molecule has 372 valence electrons. The van der Waals surface area contributed by atoms with E-state index in [0.717, 1.165) is 35.0 Å². The standard InChI is InChI=1S/C74H71N/c1-70(2,3)52-32-36-57(48-19-11-10-12-20-48)66(43-52)75(65-28-16-14-24-61(65)62-26-18-22-49-21-17-25-58(69(49)62)51-39-53(71(4,5)6)42-54(40-51)72(7,8)9)56-33-29-47(30-34-56)50-31-35-60-59-23-13-15-27-63(59)74(64(60)41-50)67-38-46-37-55-44-68(74)73(55,67)45-46/h10-36,39-43,46,55,67-68H,37-38,44-45H2,1-9H3. The number of nitrogens with zero attached hydrogens (tertiary/aromatic N) is 1. The first-order chi connectivity index (χ1) is 36.0. The number of hydrogen-bond acceptors (Lipinski definition) is 1. The summed E-state index contributed by atoms with van der Waals surface area (Å²) < 4.78 is 0. The molecule has 0 radical (unpaired) electrons. The summed E-state index contributed by atoms with van der Waals surface area (Å²) in [6, 6.07) is 75.1. The molecule has 1 nitrogen and oxygen atoms in total. The minimum atomic E-state index is -0.0693. The first-order valence-corrected chi connectivity index (χ1v) is 28.2. The average molecular weight is 974 g/mol. The van der Waals surface area contributed by atoms with Crippen molar-refractivity contribution in [2.75, 3.05) is 4.90 Å². The molecule has 0 aromatic heterocycles. The second kappa shape index (κ2) is 16.3. The number of fused-ring (bicyclic) bond motifs is 9. The number of hydrogen-bond donors (Lipinski definition) is 0. The summed E-state index contributed by atoms with van der Waals surface area (Å²) in [7, 11) is 0. The van der Waals surface area contributed by atoms with Crippen LogP contribution >= 0.6 is 0 Å². The Bertz CT molecular complexity index is 3720. The quantitative estimate of drug-likeness (QED) is 0.154. The van der Waals surface area contributed by atoms with Crippen LogP contribution in [0.3, 0.4) is 0 Å². The van der Waals surface area contributed by atoms with E-state index in [9.17, 15) is 0 Å². The molecule has 0 heterocycles. The molecular formula is C74H71N. The summed E-state index contributed by atoms with van der Waals surface area (Å²) in [5.41, 5.74) is 24.4. The van der Waals surface area contributed by atoms with Gasteiger partial charge in [0.2, 0.25) is 0 Å². The van der Waals surface area contributed by atoms with E-state index < -0.39 is 0 Å². The van der Waals surface area contributed by atoms with Gasteiger partial charge < -0.3 is 4.90 Å². The van der Waals surface area contributed by atoms with Gasteiger partial charge >= 0.3 is 0 Å². The van der Waals surface area contributed by atoms with E-state index in [1.54, 1.807) is 11.1 Å². The van der Waals surface area contributed by atoms with Crippen LogP contribution in [0.4, 0.5) is 17.1 Å². The molecule has 2 spiro atoms. The summed E-state index contributed by atoms with van der Waals surface area (Å²) in [4.78, 5) is 2.57. The van der Waals surface area contributed by atoms with Gasteiger partial charge in [0.15, 0.2) is 0 Å². The van der Waals surface area contributed by atoms with Crippen LogP contribution in [0.25, 0.3) is 66.4 Å². The van der Waals surface area contributed by atoms with E-state index in [0.29, 0.717) is 5.41 Å². The molecule has 9 aromatic carbocycles. The summed E-state index contributed by atoms with van der Waals surface area (Å²) >= 11 is 0. The molecule has 4 saturated carbocycles. The van der Waals surface area contributed by atoms with Crippen molar-refractivity contribution in [2.45, 2.75) is 110 Å². The third-order valence-electron chi connectivity index (χ3n) is 19.6. The molecule has 0 aliphatic heterocycles. The van der Waals surface area contributed by atoms with Gasteiger partial charge in [-0.1, -0.05) is 226 Å². The molecule has 0 amide bonds. The number of anilines is 3. The highest BCUT2D eigenvalue weighted by molar-refractivity contribution is 6.09. The molecular weight excluding hydrogens is 903 g/mol. The smallest absolute Gasteiger partial charge is 0.0543 e. The van der Waals surface area contributed by atoms with Crippen molar-refractivity contribution < 1.29 is 0 Å². The van der Waals surface area contributed by atoms with Crippen LogP contribution in [0, 0.1) is 29.1 Å². The van der Waals surface area contributed by atoms with Gasteiger partial charge in [-0.3, -0.25) is 0 Å². The SMILES string of the molecule is CC(C)(C)c1cc(-c2cccc3cccc(-c4ccccc4N(c4ccc(-c5ccc6c(c5)C5(c7ccccc7-6)C6CC7CC8CC5C86C7)cc4)c4cc(C(C)(C)C)ccc4-c4ccccc4)c23)cc(C(C)(C)C)c1. The van der Waals surface area contributed by atoms with Crippen LogP contribution in [0.2, 0.25) is 0 Å². The fourth-order valence-corrected chi connectivity index (χ4v) is 16.1. The van der Waals surface area contributed by atoms with Crippen LogP contribution in [0.1, 0.15) is 116 Å². The van der Waals surface area contributed by atoms with Gasteiger partial charge in [-0.05, 0) is 184 Å². The molecule has 6 unspecified atom stereocenters. The molecule has 5 aliphatic rings. The van der Waals surface area contributed by atoms with Crippen molar-refractivity contribution in [3.63, 3.8) is 0 Å². The van der Waals surface area contributed by atoms with Crippen molar-refractivity contribution in [1.82, 2.24) is 0 Å². The van der Waals surface area contributed by atoms with Crippen LogP contribution in [-0.2, 0) is 21.7 Å². The molecule has 2 bridgehead atoms. The minimum Gasteiger partial charge on any atom is -0.309 e. The van der Waals surface area contributed by atoms with Crippen LogP contribution in [0.15, 0.2) is 194 Å². The Morgan fingerprint density at radius 3 is 1.69 bits per heavy atom. The zero-order valence-electron chi connectivity index (χ0n) is 45.6. The summed E-state index contributed by atoms with van der Waals surface area (Å²) in [5, 5.41) is 2.51. The van der Waals surface area contributed by atoms with Gasteiger partial charge in [0, 0.05) is 22.2 Å². The largest absolute Gasteiger partial charge is 0.309 e. The van der Waals surface area contributed by atoms with Gasteiger partial charge in [0.05, 0.1) is 11.4 Å². The molecule has 4 fully saturated rings. The number of rotatable bonds is 7. The van der Waals surface area contributed by atoms with Crippen LogP contribution < -0.4 is 4.90 Å². The zero-order valence-corrected chi connectivity index (χ0v) is 45.6. The second-order valence-electron chi connectivity index (χ2n) is 26.6. The van der Waals surface area contributed by atoms with E-state index in [1.165, 1.54) is 114 Å². The Kier molecular flexibility index (Phi) is 10.1. The lowest BCUT2D eigenvalue weighted by Gasteiger charge is -2.76. The van der Waals surface area contributed by atoms with Gasteiger partial charge in [-0.25, -0.2) is 0 Å². The molecule has 0 N–H and O–H groups in total. The Hall–Kier alpha value is -6.96. The molecule has 0 saturated heterocycles. The first-order valence-electron chi connectivity index (χ1n) is 28.2. The van der Waals surface area contributed by atoms with Crippen molar-refractivity contribution in [2.24, 2.45) is 29.1 Å². The normalized spacial score (nSPS) is 22.9. The summed E-state index contributed by atoms with van der Waals surface area (Å²) in [6.45, 7) is 21.0. The highest BCUT2D eigenvalue weighted by Gasteiger charge is 2.84. The molecule has 6 atom stereocenters. The van der Waals surface area contributed by atoms with E-state index >= 15 is 0 Å². The predicted molar refractivity (Wildman–Crippen MR) is 318 cm³/mol. The minimum absolute atomic E-state index is 0.00585. The van der Waals surface area contributed by atoms with Gasteiger partial charge in [0.25, 0.3) is 0 Å². The van der Waals surface area contributed by atoms with Crippen LogP contribution in [-0.4, -0.2) is 0 Å². The zero-order chi connectivity index (χ0) is 51.4. The lowest BCUT2D eigenvalue weighted by molar-refractivity contribution is -0.231. The third-order valence-corrected chi connectivity index (χ3v) is 19.6. The lowest BCUT2D eigenvalue weighted by atomic mass is 9.27. The fourth-order valence-electron chi connectivity index (χ4n) is 16.1. The first kappa shape index (κ1) is 46.6. The highest BCUT2D eigenvalue weighted by atomic mass is 15.1. The fraction of sp³-hybridized carbons (Fsp3) is 0.297. The van der Waals surface area contributed by atoms with Gasteiger partial charge in [-0.2, -0.15) is 0 Å². The topological polar surface area (TPSA) is 3.24 Å². The number of para-hydroxylation sites is 1. The Balaban J connectivity index is 0.950. The van der Waals surface area contributed by atoms with E-state index in [2.05, 4.69) is 261 Å². The van der Waals surface area contributed by atoms with E-state index in [-0.39, 0.29) is 21.7 Å². The Morgan fingerprint density at radius 1 is 0.387 bits per heavy atom. The second-order valence-corrected chi connectivity index (χ2v) is 26.6. The summed E-state index contributed by atoms with van der Waals surface area (Å²) in [5.74, 6) is 3.48. The average Bonchev–Trinajstić information content (AvgIpc) is 4.27. The molecule has 5 aliphatic carbocycles. The van der Waals surface area contributed by atoms with E-state index in [1.807, 2.05) is 0 Å². The summed E-state index contributed by atoms with van der Waals surface area (Å²) in [6.07, 6.45) is 5.82. The third kappa shape index (κ3) is 6.81. The molecule has 75 heavy (non-hydrogen) atoms. The van der Waals surface area contributed by atoms with Gasteiger partial charge in [-0.15, -0.1) is 0 Å². The molecule has 1 heteroatoms. The maximum atomic E-state index is 2.64. The highest BCUT2D eigenvalue weighted by Crippen LogP contribution is 2.89. The maximum absolute atomic E-state index is 2.64. The van der Waals surface area contributed by atoms with Crippen molar-refractivity contribution in [3.05, 3.63) is 222 Å². The van der Waals surface area contributed by atoms with Crippen molar-refractivity contribution in [3.8, 4) is 55.6 Å². The number of benzene rings is 9. The van der Waals surface area contributed by atoms with Crippen LogP contribution in [0.5, 0.6) is 0 Å². The molecule has 14 rings (SSSR count). The lowest BCUT2D eigenvalue weighted by Crippen LogP contribution is -2.73. The maximum Gasteiger partial charge on any atom is 0.0543 e. The van der Waals surface area contributed by atoms with Crippen molar-refractivity contribution >= 4 is 27.8 Å². The molecule has 9 aromatic rings. The van der Waals surface area contributed by atoms with E-state index in [4.69, 9.17) is 0 Å². The monoisotopic (exact) mass is 974 g/mol. The van der Waals surface area contributed by atoms with Gasteiger partial charge in [0.1, 0.15) is 0 Å². The Morgan fingerprint density at radius 2 is 0.987 bits per heavy atom.